The SMILES string of the molecule is CCc1cccc(C)c1NC(=O)COC(=O)C(NC(=O)c1ccc([N+](=O)[O-])cc1Cl)C(C)C. The Kier molecular flexibility index (Phi) is 8.93. The molecule has 2 N–H and O–H groups in total. The van der Waals surface area contributed by atoms with Crippen LogP contribution in [-0.2, 0) is 20.7 Å². The first-order chi connectivity index (χ1) is 15.5. The van der Waals surface area contributed by atoms with E-state index in [1.165, 1.54) is 6.07 Å². The quantitative estimate of drug-likeness (QED) is 0.320. The number of esters is 1. The van der Waals surface area contributed by atoms with Crippen LogP contribution in [0.25, 0.3) is 0 Å². The van der Waals surface area contributed by atoms with Crippen LogP contribution in [0.15, 0.2) is 36.4 Å². The third-order valence-corrected chi connectivity index (χ3v) is 5.28. The summed E-state index contributed by atoms with van der Waals surface area (Å²) in [7, 11) is 0. The lowest BCUT2D eigenvalue weighted by molar-refractivity contribution is -0.384. The fourth-order valence-corrected chi connectivity index (χ4v) is 3.38. The van der Waals surface area contributed by atoms with Crippen molar-refractivity contribution in [1.29, 1.82) is 0 Å². The second-order valence-electron chi connectivity index (χ2n) is 7.73. The molecule has 0 aromatic heterocycles. The van der Waals surface area contributed by atoms with Gasteiger partial charge in [0.1, 0.15) is 6.04 Å². The Morgan fingerprint density at radius 2 is 1.88 bits per heavy atom. The van der Waals surface area contributed by atoms with E-state index < -0.39 is 35.4 Å². The van der Waals surface area contributed by atoms with E-state index in [1.807, 2.05) is 32.0 Å². The van der Waals surface area contributed by atoms with Gasteiger partial charge >= 0.3 is 5.97 Å². The van der Waals surface area contributed by atoms with Crippen molar-refractivity contribution in [3.63, 3.8) is 0 Å². The number of nitro groups is 1. The Hall–Kier alpha value is -3.46. The molecule has 0 spiro atoms. The van der Waals surface area contributed by atoms with Crippen molar-refractivity contribution >= 4 is 40.8 Å². The van der Waals surface area contributed by atoms with Gasteiger partial charge in [-0.25, -0.2) is 4.79 Å². The first-order valence-corrected chi connectivity index (χ1v) is 10.7. The zero-order chi connectivity index (χ0) is 24.7. The number of hydrogen-bond acceptors (Lipinski definition) is 6. The third kappa shape index (κ3) is 6.76. The molecule has 0 saturated carbocycles. The summed E-state index contributed by atoms with van der Waals surface area (Å²) in [6.07, 6.45) is 0.726. The molecular formula is C23H26ClN3O6. The highest BCUT2D eigenvalue weighted by molar-refractivity contribution is 6.34. The lowest BCUT2D eigenvalue weighted by Crippen LogP contribution is -2.46. The average molecular weight is 476 g/mol. The number of halogens is 1. The van der Waals surface area contributed by atoms with E-state index in [-0.39, 0.29) is 22.2 Å². The topological polar surface area (TPSA) is 128 Å². The molecule has 0 aliphatic carbocycles. The second-order valence-corrected chi connectivity index (χ2v) is 8.14. The monoisotopic (exact) mass is 475 g/mol. The van der Waals surface area contributed by atoms with Gasteiger partial charge < -0.3 is 15.4 Å². The third-order valence-electron chi connectivity index (χ3n) is 4.97. The largest absolute Gasteiger partial charge is 0.454 e. The van der Waals surface area contributed by atoms with Crippen LogP contribution in [0.4, 0.5) is 11.4 Å². The van der Waals surface area contributed by atoms with Gasteiger partial charge in [-0.2, -0.15) is 0 Å². The number of nitrogens with zero attached hydrogens (tertiary/aromatic N) is 1. The molecule has 0 heterocycles. The second kappa shape index (κ2) is 11.4. The number of carbonyl (C=O) groups is 3. The lowest BCUT2D eigenvalue weighted by atomic mass is 10.0. The molecule has 0 radical (unpaired) electrons. The number of nitro benzene ring substituents is 1. The van der Waals surface area contributed by atoms with Crippen molar-refractivity contribution in [3.8, 4) is 0 Å². The summed E-state index contributed by atoms with van der Waals surface area (Å²) < 4.78 is 5.14. The fraction of sp³-hybridized carbons (Fsp3) is 0.348. The normalized spacial score (nSPS) is 11.6. The molecule has 2 amide bonds. The van der Waals surface area contributed by atoms with Gasteiger partial charge in [-0.15, -0.1) is 0 Å². The van der Waals surface area contributed by atoms with Crippen LogP contribution < -0.4 is 10.6 Å². The first-order valence-electron chi connectivity index (χ1n) is 10.3. The zero-order valence-electron chi connectivity index (χ0n) is 18.8. The van der Waals surface area contributed by atoms with Crippen molar-refractivity contribution < 1.29 is 24.0 Å². The van der Waals surface area contributed by atoms with Crippen molar-refractivity contribution in [1.82, 2.24) is 5.32 Å². The van der Waals surface area contributed by atoms with E-state index in [0.717, 1.165) is 29.7 Å². The van der Waals surface area contributed by atoms with E-state index >= 15 is 0 Å². The molecular weight excluding hydrogens is 450 g/mol. The minimum Gasteiger partial charge on any atom is -0.454 e. The highest BCUT2D eigenvalue weighted by atomic mass is 35.5. The van der Waals surface area contributed by atoms with Crippen LogP contribution in [0.3, 0.4) is 0 Å². The average Bonchev–Trinajstić information content (AvgIpc) is 2.76. The summed E-state index contributed by atoms with van der Waals surface area (Å²) in [5, 5.41) is 16.0. The van der Waals surface area contributed by atoms with Crippen LogP contribution >= 0.6 is 11.6 Å². The number of ether oxygens (including phenoxy) is 1. The molecule has 1 unspecified atom stereocenters. The maximum Gasteiger partial charge on any atom is 0.329 e. The van der Waals surface area contributed by atoms with E-state index in [0.29, 0.717) is 5.69 Å². The van der Waals surface area contributed by atoms with Gasteiger partial charge in [-0.3, -0.25) is 19.7 Å². The Balaban J connectivity index is 2.03. The van der Waals surface area contributed by atoms with Crippen LogP contribution in [0.5, 0.6) is 0 Å². The van der Waals surface area contributed by atoms with Gasteiger partial charge in [-0.1, -0.05) is 50.6 Å². The number of para-hydroxylation sites is 1. The van der Waals surface area contributed by atoms with Crippen LogP contribution in [0, 0.1) is 23.0 Å². The molecule has 2 aromatic carbocycles. The van der Waals surface area contributed by atoms with Gasteiger partial charge in [0.2, 0.25) is 0 Å². The summed E-state index contributed by atoms with van der Waals surface area (Å²) in [6, 6.07) is 8.03. The Morgan fingerprint density at radius 1 is 1.18 bits per heavy atom. The number of nitrogens with one attached hydrogen (secondary N) is 2. The van der Waals surface area contributed by atoms with E-state index in [1.54, 1.807) is 13.8 Å². The molecule has 0 aliphatic rings. The number of non-ortho nitro benzene ring substituents is 1. The molecule has 1 atom stereocenters. The summed E-state index contributed by atoms with van der Waals surface area (Å²) in [4.78, 5) is 47.8. The van der Waals surface area contributed by atoms with Crippen molar-refractivity contribution in [3.05, 3.63) is 68.2 Å². The molecule has 0 saturated heterocycles. The number of amides is 2. The maximum absolute atomic E-state index is 12.6. The zero-order valence-corrected chi connectivity index (χ0v) is 19.6. The summed E-state index contributed by atoms with van der Waals surface area (Å²) in [5.41, 5.74) is 2.25. The number of benzene rings is 2. The number of anilines is 1. The standard InChI is InChI=1S/C23H26ClN3O6/c1-5-15-8-6-7-14(4)21(15)25-19(28)12-33-23(30)20(13(2)3)26-22(29)17-10-9-16(27(31)32)11-18(17)24/h6-11,13,20H,5,12H2,1-4H3,(H,25,28)(H,26,29). The minimum atomic E-state index is -1.05. The predicted molar refractivity (Wildman–Crippen MR) is 124 cm³/mol. The van der Waals surface area contributed by atoms with Crippen molar-refractivity contribution in [2.45, 2.75) is 40.2 Å². The number of aryl methyl sites for hydroxylation is 2. The number of hydrogen-bond donors (Lipinski definition) is 2. The van der Waals surface area contributed by atoms with Crippen LogP contribution in [-0.4, -0.2) is 35.4 Å². The van der Waals surface area contributed by atoms with E-state index in [4.69, 9.17) is 16.3 Å². The molecule has 0 bridgehead atoms. The summed E-state index contributed by atoms with van der Waals surface area (Å²) in [6.45, 7) is 6.72. The lowest BCUT2D eigenvalue weighted by Gasteiger charge is -2.21. The van der Waals surface area contributed by atoms with Crippen molar-refractivity contribution in [2.75, 3.05) is 11.9 Å². The molecule has 2 rings (SSSR count). The first kappa shape index (κ1) is 25.8. The van der Waals surface area contributed by atoms with E-state index in [9.17, 15) is 24.5 Å². The molecule has 176 valence electrons. The highest BCUT2D eigenvalue weighted by Crippen LogP contribution is 2.23. The maximum atomic E-state index is 12.6. The Bertz CT molecular complexity index is 1070. The van der Waals surface area contributed by atoms with Crippen LogP contribution in [0.1, 0.15) is 42.3 Å². The van der Waals surface area contributed by atoms with Gasteiger partial charge in [0.25, 0.3) is 17.5 Å². The van der Waals surface area contributed by atoms with Gasteiger partial charge in [0.15, 0.2) is 6.61 Å². The molecule has 10 heteroatoms. The summed E-state index contributed by atoms with van der Waals surface area (Å²) >= 11 is 5.99. The van der Waals surface area contributed by atoms with Gasteiger partial charge in [0, 0.05) is 17.8 Å². The summed E-state index contributed by atoms with van der Waals surface area (Å²) in [5.74, 6) is -2.33. The molecule has 33 heavy (non-hydrogen) atoms. The Labute approximate surface area is 196 Å². The number of rotatable bonds is 9. The molecule has 2 aromatic rings. The Morgan fingerprint density at radius 3 is 2.45 bits per heavy atom. The van der Waals surface area contributed by atoms with E-state index in [2.05, 4.69) is 10.6 Å². The molecule has 9 nitrogen and oxygen atoms in total. The van der Waals surface area contributed by atoms with Crippen molar-refractivity contribution in [2.24, 2.45) is 5.92 Å². The minimum absolute atomic E-state index is 0.0230. The molecule has 0 fully saturated rings. The van der Waals surface area contributed by atoms with Gasteiger partial charge in [0.05, 0.1) is 15.5 Å². The van der Waals surface area contributed by atoms with Gasteiger partial charge in [-0.05, 0) is 36.5 Å². The number of carbonyl (C=O) groups excluding carboxylic acids is 3. The predicted octanol–water partition coefficient (Wildman–Crippen LogP) is 4.06. The van der Waals surface area contributed by atoms with Crippen LogP contribution in [0.2, 0.25) is 5.02 Å². The fourth-order valence-electron chi connectivity index (χ4n) is 3.12. The smallest absolute Gasteiger partial charge is 0.329 e. The highest BCUT2D eigenvalue weighted by Gasteiger charge is 2.28. The molecule has 0 aliphatic heterocycles.